The van der Waals surface area contributed by atoms with Crippen LogP contribution in [0.5, 0.6) is 11.5 Å². The molecule has 7 heteroatoms. The van der Waals surface area contributed by atoms with Gasteiger partial charge in [-0.25, -0.2) is 0 Å². The van der Waals surface area contributed by atoms with E-state index >= 15 is 0 Å². The number of hydrogen-bond donors (Lipinski definition) is 1. The molecule has 0 unspecified atom stereocenters. The molecular formula is C17H15Cl2NO3S. The molecule has 2 aromatic rings. The molecule has 4 nitrogen and oxygen atoms in total. The van der Waals surface area contributed by atoms with Gasteiger partial charge in [0.15, 0.2) is 11.5 Å². The average Bonchev–Trinajstić information content (AvgIpc) is 3.04. The fourth-order valence-electron chi connectivity index (χ4n) is 2.19. The number of nitrogens with one attached hydrogen (secondary N) is 1. The summed E-state index contributed by atoms with van der Waals surface area (Å²) in [5.41, 5.74) is 2.01. The molecule has 24 heavy (non-hydrogen) atoms. The van der Waals surface area contributed by atoms with Gasteiger partial charge in [-0.15, -0.1) is 11.8 Å². The summed E-state index contributed by atoms with van der Waals surface area (Å²) in [5, 5.41) is 3.96. The molecule has 1 heterocycles. The van der Waals surface area contributed by atoms with E-state index in [9.17, 15) is 4.79 Å². The number of carbonyl (C=O) groups is 1. The van der Waals surface area contributed by atoms with Gasteiger partial charge in [0.1, 0.15) is 0 Å². The van der Waals surface area contributed by atoms with Crippen molar-refractivity contribution in [2.75, 3.05) is 12.5 Å². The van der Waals surface area contributed by atoms with Crippen molar-refractivity contribution in [3.8, 4) is 11.5 Å². The van der Waals surface area contributed by atoms with Crippen LogP contribution in [-0.2, 0) is 17.1 Å². The van der Waals surface area contributed by atoms with E-state index in [-0.39, 0.29) is 12.7 Å². The molecule has 126 valence electrons. The van der Waals surface area contributed by atoms with Gasteiger partial charge in [0.05, 0.1) is 15.8 Å². The molecule has 1 amide bonds. The standard InChI is InChI=1S/C17H15Cl2NO3S/c18-13-3-1-12(5-14(13)19)8-24-9-17(21)20-7-11-2-4-15-16(6-11)23-10-22-15/h1-6H,7-10H2,(H,20,21). The minimum Gasteiger partial charge on any atom is -0.454 e. The highest BCUT2D eigenvalue weighted by molar-refractivity contribution is 7.99. The number of fused-ring (bicyclic) bond motifs is 1. The summed E-state index contributed by atoms with van der Waals surface area (Å²) >= 11 is 13.4. The van der Waals surface area contributed by atoms with Crippen molar-refractivity contribution in [2.45, 2.75) is 12.3 Å². The molecule has 1 aliphatic rings. The number of amides is 1. The molecule has 1 aliphatic heterocycles. The van der Waals surface area contributed by atoms with Crippen LogP contribution in [0.15, 0.2) is 36.4 Å². The molecule has 0 saturated carbocycles. The number of ether oxygens (including phenoxy) is 2. The van der Waals surface area contributed by atoms with E-state index in [1.54, 1.807) is 6.07 Å². The molecule has 3 rings (SSSR count). The lowest BCUT2D eigenvalue weighted by Crippen LogP contribution is -2.24. The second-order valence-electron chi connectivity index (χ2n) is 5.21. The fraction of sp³-hybridized carbons (Fsp3) is 0.235. The summed E-state index contributed by atoms with van der Waals surface area (Å²) in [6, 6.07) is 11.1. The van der Waals surface area contributed by atoms with Crippen molar-refractivity contribution in [3.05, 3.63) is 57.6 Å². The highest BCUT2D eigenvalue weighted by Crippen LogP contribution is 2.32. The fourth-order valence-corrected chi connectivity index (χ4v) is 3.32. The van der Waals surface area contributed by atoms with E-state index in [0.717, 1.165) is 22.6 Å². The van der Waals surface area contributed by atoms with Gasteiger partial charge in [-0.3, -0.25) is 4.79 Å². The van der Waals surface area contributed by atoms with E-state index in [1.165, 1.54) is 11.8 Å². The van der Waals surface area contributed by atoms with E-state index < -0.39 is 0 Å². The summed E-state index contributed by atoms with van der Waals surface area (Å²) in [5.74, 6) is 2.52. The molecule has 1 N–H and O–H groups in total. The summed E-state index contributed by atoms with van der Waals surface area (Å²) in [7, 11) is 0. The van der Waals surface area contributed by atoms with Gasteiger partial charge in [-0.2, -0.15) is 0 Å². The van der Waals surface area contributed by atoms with Crippen LogP contribution in [-0.4, -0.2) is 18.5 Å². The Balaban J connectivity index is 1.42. The van der Waals surface area contributed by atoms with E-state index in [1.807, 2.05) is 30.3 Å². The first-order valence-electron chi connectivity index (χ1n) is 7.29. The topological polar surface area (TPSA) is 47.6 Å². The number of halogens is 2. The Bertz CT molecular complexity index is 755. The van der Waals surface area contributed by atoms with Gasteiger partial charge >= 0.3 is 0 Å². The SMILES string of the molecule is O=C(CSCc1ccc(Cl)c(Cl)c1)NCc1ccc2c(c1)OCO2. The van der Waals surface area contributed by atoms with Crippen LogP contribution in [0, 0.1) is 0 Å². The van der Waals surface area contributed by atoms with Crippen molar-refractivity contribution >= 4 is 40.9 Å². The van der Waals surface area contributed by atoms with E-state index in [2.05, 4.69) is 5.32 Å². The van der Waals surface area contributed by atoms with Gasteiger partial charge in [0.2, 0.25) is 12.7 Å². The second-order valence-corrected chi connectivity index (χ2v) is 7.01. The lowest BCUT2D eigenvalue weighted by atomic mass is 10.2. The molecule has 0 fully saturated rings. The second kappa shape index (κ2) is 8.01. The molecule has 0 bridgehead atoms. The average molecular weight is 384 g/mol. The number of carbonyl (C=O) groups excluding carboxylic acids is 1. The van der Waals surface area contributed by atoms with Crippen molar-refractivity contribution < 1.29 is 14.3 Å². The number of thioether (sulfide) groups is 1. The lowest BCUT2D eigenvalue weighted by molar-refractivity contribution is -0.118. The molecule has 0 aliphatic carbocycles. The molecular weight excluding hydrogens is 369 g/mol. The summed E-state index contributed by atoms with van der Waals surface area (Å²) in [4.78, 5) is 11.9. The molecule has 0 saturated heterocycles. The molecule has 0 spiro atoms. The zero-order valence-corrected chi connectivity index (χ0v) is 15.0. The minimum absolute atomic E-state index is 0.0160. The first kappa shape index (κ1) is 17.3. The molecule has 2 aromatic carbocycles. The third-order valence-corrected chi connectivity index (χ3v) is 5.16. The Morgan fingerprint density at radius 2 is 1.83 bits per heavy atom. The van der Waals surface area contributed by atoms with Gasteiger partial charge in [-0.05, 0) is 35.4 Å². The smallest absolute Gasteiger partial charge is 0.231 e. The van der Waals surface area contributed by atoms with Gasteiger partial charge in [0.25, 0.3) is 0 Å². The molecule has 0 atom stereocenters. The summed E-state index contributed by atoms with van der Waals surface area (Å²) < 4.78 is 10.6. The number of rotatable bonds is 6. The van der Waals surface area contributed by atoms with Crippen molar-refractivity contribution in [3.63, 3.8) is 0 Å². The molecule has 0 aromatic heterocycles. The summed E-state index contributed by atoms with van der Waals surface area (Å²) in [6.45, 7) is 0.708. The zero-order valence-electron chi connectivity index (χ0n) is 12.7. The van der Waals surface area contributed by atoms with Crippen molar-refractivity contribution in [1.29, 1.82) is 0 Å². The first-order valence-corrected chi connectivity index (χ1v) is 9.20. The van der Waals surface area contributed by atoms with Crippen LogP contribution in [0.25, 0.3) is 0 Å². The Morgan fingerprint density at radius 3 is 2.67 bits per heavy atom. The van der Waals surface area contributed by atoms with Crippen LogP contribution < -0.4 is 14.8 Å². The largest absolute Gasteiger partial charge is 0.454 e. The Labute approximate surface area is 154 Å². The monoisotopic (exact) mass is 383 g/mol. The Kier molecular flexibility index (Phi) is 5.76. The highest BCUT2D eigenvalue weighted by atomic mass is 35.5. The Hall–Kier alpha value is -1.56. The van der Waals surface area contributed by atoms with Crippen LogP contribution in [0.1, 0.15) is 11.1 Å². The van der Waals surface area contributed by atoms with Crippen molar-refractivity contribution in [2.24, 2.45) is 0 Å². The molecule has 0 radical (unpaired) electrons. The van der Waals surface area contributed by atoms with E-state index in [4.69, 9.17) is 32.7 Å². The number of hydrogen-bond acceptors (Lipinski definition) is 4. The third kappa shape index (κ3) is 4.50. The predicted molar refractivity (Wildman–Crippen MR) is 97.0 cm³/mol. The minimum atomic E-state index is -0.0160. The maximum Gasteiger partial charge on any atom is 0.231 e. The third-order valence-electron chi connectivity index (χ3n) is 3.41. The predicted octanol–water partition coefficient (Wildman–Crippen LogP) is 4.27. The van der Waals surface area contributed by atoms with Gasteiger partial charge in [-0.1, -0.05) is 35.3 Å². The quantitative estimate of drug-likeness (QED) is 0.808. The normalized spacial score (nSPS) is 12.2. The van der Waals surface area contributed by atoms with Crippen LogP contribution >= 0.6 is 35.0 Å². The van der Waals surface area contributed by atoms with Gasteiger partial charge < -0.3 is 14.8 Å². The van der Waals surface area contributed by atoms with Gasteiger partial charge in [0, 0.05) is 12.3 Å². The van der Waals surface area contributed by atoms with Crippen LogP contribution in [0.2, 0.25) is 10.0 Å². The maximum absolute atomic E-state index is 11.9. The maximum atomic E-state index is 11.9. The van der Waals surface area contributed by atoms with Crippen LogP contribution in [0.3, 0.4) is 0 Å². The van der Waals surface area contributed by atoms with Crippen molar-refractivity contribution in [1.82, 2.24) is 5.32 Å². The van der Waals surface area contributed by atoms with Crippen LogP contribution in [0.4, 0.5) is 0 Å². The Morgan fingerprint density at radius 1 is 1.04 bits per heavy atom. The lowest BCUT2D eigenvalue weighted by Gasteiger charge is -2.07. The van der Waals surface area contributed by atoms with E-state index in [0.29, 0.717) is 28.1 Å². The summed E-state index contributed by atoms with van der Waals surface area (Å²) in [6.07, 6.45) is 0. The zero-order chi connectivity index (χ0) is 16.9. The highest BCUT2D eigenvalue weighted by Gasteiger charge is 2.13. The first-order chi connectivity index (χ1) is 11.6. The number of benzene rings is 2.